The first-order valence-corrected chi connectivity index (χ1v) is 27.3. The number of hydrogen-bond acceptors (Lipinski definition) is 13. The number of piperidine rings is 3. The number of H-pyrrole nitrogens is 3. The third-order valence-electron chi connectivity index (χ3n) is 13.9. The number of fused-ring (bicyclic) bond motifs is 3. The van der Waals surface area contributed by atoms with Crippen molar-refractivity contribution < 1.29 is 73.8 Å². The van der Waals surface area contributed by atoms with Crippen LogP contribution < -0.4 is 5.48 Å². The first-order valence-electron chi connectivity index (χ1n) is 25.8. The number of aliphatic carboxylic acids is 4. The molecule has 3 aliphatic heterocycles. The van der Waals surface area contributed by atoms with E-state index < -0.39 is 37.6 Å². The van der Waals surface area contributed by atoms with Gasteiger partial charge in [0.25, 0.3) is 11.6 Å². The van der Waals surface area contributed by atoms with Gasteiger partial charge in [-0.3, -0.25) is 20.1 Å². The molecule has 6 heterocycles. The fraction of sp³-hybridized carbons (Fsp3) is 0.407. The van der Waals surface area contributed by atoms with Gasteiger partial charge in [-0.05, 0) is 153 Å². The summed E-state index contributed by atoms with van der Waals surface area (Å²) in [6, 6.07) is 25.7. The van der Waals surface area contributed by atoms with Crippen molar-refractivity contribution in [1.29, 1.82) is 5.26 Å². The highest BCUT2D eigenvalue weighted by Crippen LogP contribution is 2.35. The number of rotatable bonds is 10. The summed E-state index contributed by atoms with van der Waals surface area (Å²) >= 11 is 0. The van der Waals surface area contributed by atoms with Gasteiger partial charge in [0, 0.05) is 80.9 Å². The highest BCUT2D eigenvalue weighted by molar-refractivity contribution is 7.45. The van der Waals surface area contributed by atoms with Crippen LogP contribution in [0.4, 0.5) is 5.69 Å². The zero-order valence-corrected chi connectivity index (χ0v) is 45.7. The van der Waals surface area contributed by atoms with Crippen molar-refractivity contribution in [1.82, 2.24) is 35.1 Å². The average molecular weight is 1130 g/mol. The smallest absolute Gasteiger partial charge is 0.466 e. The van der Waals surface area contributed by atoms with E-state index in [9.17, 15) is 24.5 Å². The van der Waals surface area contributed by atoms with Gasteiger partial charge >= 0.3 is 31.7 Å². The second kappa shape index (κ2) is 31.1. The van der Waals surface area contributed by atoms with Crippen LogP contribution in [-0.2, 0) is 23.7 Å². The van der Waals surface area contributed by atoms with E-state index in [1.165, 1.54) is 37.3 Å². The summed E-state index contributed by atoms with van der Waals surface area (Å²) in [7, 11) is -4.64. The Labute approximate surface area is 460 Å². The first kappa shape index (κ1) is 64.7. The second-order valence-electron chi connectivity index (χ2n) is 19.2. The summed E-state index contributed by atoms with van der Waals surface area (Å²) in [5.74, 6) is -5.02. The molecule has 26 heteroatoms. The maximum atomic E-state index is 11.7. The summed E-state index contributed by atoms with van der Waals surface area (Å²) in [4.78, 5) is 99.2. The summed E-state index contributed by atoms with van der Waals surface area (Å²) in [6.07, 6.45) is 8.04. The summed E-state index contributed by atoms with van der Waals surface area (Å²) in [5.41, 5.74) is 9.72. The van der Waals surface area contributed by atoms with Crippen molar-refractivity contribution in [3.63, 3.8) is 0 Å². The number of carboxylic acid groups (broad SMARTS) is 4. The van der Waals surface area contributed by atoms with Crippen LogP contribution in [0.1, 0.15) is 117 Å². The van der Waals surface area contributed by atoms with Gasteiger partial charge < -0.3 is 64.8 Å². The van der Waals surface area contributed by atoms with Gasteiger partial charge in [-0.2, -0.15) is 5.26 Å². The van der Waals surface area contributed by atoms with Crippen molar-refractivity contribution in [2.24, 2.45) is 0 Å². The van der Waals surface area contributed by atoms with E-state index in [0.717, 1.165) is 109 Å². The molecule has 3 saturated heterocycles. The van der Waals surface area contributed by atoms with E-state index >= 15 is 0 Å². The minimum absolute atomic E-state index is 0.189. The number of non-ortho nitro benzene ring substituents is 1. The van der Waals surface area contributed by atoms with E-state index in [-0.39, 0.29) is 10.6 Å². The Hall–Kier alpha value is -7.79. The molecule has 0 atom stereocenters. The maximum absolute atomic E-state index is 11.7. The molecule has 3 aromatic heterocycles. The third-order valence-corrected chi connectivity index (χ3v) is 13.9. The topological polar surface area (TPSA) is 400 Å². The second-order valence-corrected chi connectivity index (χ2v) is 20.2. The monoisotopic (exact) mass is 1130 g/mol. The highest BCUT2D eigenvalue weighted by atomic mass is 31.2. The van der Waals surface area contributed by atoms with Gasteiger partial charge in [-0.1, -0.05) is 32.0 Å². The zero-order valence-electron chi connectivity index (χ0n) is 44.8. The lowest BCUT2D eigenvalue weighted by molar-refractivity contribution is -0.383. The standard InChI is InChI=1S/2C16H21N3O2.C16H19N3.C4H4O4.C2H2O4.H3O4P/c1-11(2)18-8-6-12(7-9-18)15-10-13-14(17-15)4-3-5-16(13)19(20)21;1-2-19-8-6-11(7-9-19)15-10-13-12(16(20)18-21)4-3-5-14(13)17-15;1-2-19-8-6-12(7-9-19)16-10-14-13(11-17)4-3-5-15(14)18-16;5-3(6)1-2-4(7)8;3-1(4)2(5)6;1-5(2,3)4/h3-5,10-12,17H,6-9H2,1-2H3;3-5,10-11,17,21H,2,6-9H2,1H3,(H,18,20);3-5,10,12,18H,2,6-9H2,1H3;1-2H,(H,5,6)(H,7,8);(H,3,4)(H,5,6);(H3,1,2,3,4)/b;;;2-1-;;. The van der Waals surface area contributed by atoms with Gasteiger partial charge in [0.2, 0.25) is 0 Å². The molecule has 80 heavy (non-hydrogen) atoms. The Morgan fingerprint density at radius 3 is 1.43 bits per heavy atom. The number of nitro groups is 1. The molecular weight excluding hydrogens is 1060 g/mol. The number of aromatic amines is 3. The molecule has 0 unspecified atom stereocenters. The van der Waals surface area contributed by atoms with Gasteiger partial charge in [-0.25, -0.2) is 29.2 Å². The lowest BCUT2D eigenvalue weighted by Crippen LogP contribution is -2.37. The van der Waals surface area contributed by atoms with Crippen molar-refractivity contribution in [3.8, 4) is 6.07 Å². The zero-order chi connectivity index (χ0) is 59.3. The predicted octanol–water partition coefficient (Wildman–Crippen LogP) is 7.33. The van der Waals surface area contributed by atoms with E-state index in [2.05, 4.69) is 81.6 Å². The average Bonchev–Trinajstić information content (AvgIpc) is 4.34. The number of hydroxylamine groups is 1. The van der Waals surface area contributed by atoms with Gasteiger partial charge in [0.05, 0.1) is 33.0 Å². The molecule has 25 nitrogen and oxygen atoms in total. The number of carbonyl (C=O) groups excluding carboxylic acids is 1. The lowest BCUT2D eigenvalue weighted by atomic mass is 9.93. The number of nitrogens with zero attached hydrogens (tertiary/aromatic N) is 5. The Morgan fingerprint density at radius 1 is 0.675 bits per heavy atom. The van der Waals surface area contributed by atoms with E-state index in [1.807, 2.05) is 36.4 Å². The molecule has 432 valence electrons. The van der Waals surface area contributed by atoms with Gasteiger partial charge in [0.15, 0.2) is 0 Å². The molecule has 3 aromatic carbocycles. The molecule has 12 N–H and O–H groups in total. The SMILES string of the molecule is CC(C)N1CCC(c2cc3c([N+](=O)[O-])cccc3[nH]2)CC1.CCN1CCC(c2cc3c(C#N)cccc3[nH]2)CC1.CCN1CCC(c2cc3c(C(=O)NO)cccc3[nH]2)CC1.O=C(O)/C=C\C(=O)O.O=C(O)C(=O)O.O=P(O)(O)O. The van der Waals surface area contributed by atoms with Crippen LogP contribution >= 0.6 is 7.82 Å². The van der Waals surface area contributed by atoms with Crippen molar-refractivity contribution >= 4 is 76.0 Å². The Morgan fingerprint density at radius 2 is 1.05 bits per heavy atom. The number of carboxylic acids is 4. The molecule has 6 aromatic rings. The number of hydrogen-bond donors (Lipinski definition) is 12. The number of nitrogens with one attached hydrogen (secondary N) is 4. The Kier molecular flexibility index (Phi) is 25.2. The molecule has 1 amide bonds. The summed E-state index contributed by atoms with van der Waals surface area (Å²) in [6.45, 7) is 18.0. The van der Waals surface area contributed by atoms with Crippen LogP contribution in [0.15, 0.2) is 84.9 Å². The van der Waals surface area contributed by atoms with Gasteiger partial charge in [0.1, 0.15) is 0 Å². The summed E-state index contributed by atoms with van der Waals surface area (Å²) < 4.78 is 8.88. The molecule has 3 fully saturated rings. The number of amides is 1. The number of carbonyl (C=O) groups is 5. The molecule has 0 bridgehead atoms. The Bertz CT molecular complexity index is 3130. The minimum Gasteiger partial charge on any atom is -0.478 e. The number of benzene rings is 3. The van der Waals surface area contributed by atoms with E-state index in [1.54, 1.807) is 23.7 Å². The van der Waals surface area contributed by atoms with Crippen molar-refractivity contribution in [2.45, 2.75) is 90.0 Å². The lowest BCUT2D eigenvalue weighted by Gasteiger charge is -2.34. The molecule has 9 rings (SSSR count). The van der Waals surface area contributed by atoms with Crippen LogP contribution in [0.25, 0.3) is 32.7 Å². The van der Waals surface area contributed by atoms with E-state index in [4.69, 9.17) is 59.7 Å². The van der Waals surface area contributed by atoms with Crippen molar-refractivity contribution in [3.05, 3.63) is 123 Å². The Balaban J connectivity index is 0.000000223. The number of nitriles is 1. The van der Waals surface area contributed by atoms with Crippen molar-refractivity contribution in [2.75, 3.05) is 52.4 Å². The molecular formula is C54H70N9O16P. The van der Waals surface area contributed by atoms with Gasteiger partial charge in [-0.15, -0.1) is 0 Å². The van der Waals surface area contributed by atoms with Crippen LogP contribution in [0.5, 0.6) is 0 Å². The number of aromatic nitrogens is 3. The number of phosphoric acid groups is 1. The summed E-state index contributed by atoms with van der Waals surface area (Å²) in [5, 5.41) is 62.2. The van der Waals surface area contributed by atoms with Crippen LogP contribution in [0.2, 0.25) is 0 Å². The predicted molar refractivity (Wildman–Crippen MR) is 296 cm³/mol. The van der Waals surface area contributed by atoms with Crippen LogP contribution in [0, 0.1) is 21.4 Å². The first-order chi connectivity index (χ1) is 37.9. The fourth-order valence-electron chi connectivity index (χ4n) is 9.68. The highest BCUT2D eigenvalue weighted by Gasteiger charge is 2.26. The van der Waals surface area contributed by atoms with Crippen LogP contribution in [-0.4, -0.2) is 163 Å². The number of nitro benzene ring substituents is 1. The normalized spacial score (nSPS) is 15.6. The minimum atomic E-state index is -4.64. The largest absolute Gasteiger partial charge is 0.478 e. The maximum Gasteiger partial charge on any atom is 0.466 e. The molecule has 3 aliphatic rings. The van der Waals surface area contributed by atoms with E-state index in [0.29, 0.717) is 41.5 Å². The quantitative estimate of drug-likeness (QED) is 0.0159. The third kappa shape index (κ3) is 20.1. The molecule has 0 saturated carbocycles. The van der Waals surface area contributed by atoms with Crippen LogP contribution in [0.3, 0.4) is 0 Å². The molecule has 0 aliphatic carbocycles. The fourth-order valence-corrected chi connectivity index (χ4v) is 9.68. The molecule has 0 spiro atoms. The number of likely N-dealkylation sites (tertiary alicyclic amines) is 3. The molecule has 0 radical (unpaired) electrons.